The fourth-order valence-electron chi connectivity index (χ4n) is 2.74. The number of rotatable bonds is 3. The molecule has 2 unspecified atom stereocenters. The van der Waals surface area contributed by atoms with Gasteiger partial charge in [0, 0.05) is 18.0 Å². The van der Waals surface area contributed by atoms with Crippen molar-refractivity contribution in [3.05, 3.63) is 34.1 Å². The van der Waals surface area contributed by atoms with Crippen LogP contribution in [0.15, 0.2) is 22.7 Å². The van der Waals surface area contributed by atoms with E-state index in [9.17, 15) is 9.50 Å². The Balaban J connectivity index is 2.22. The molecule has 1 saturated carbocycles. The Hall–Kier alpha value is -0.450. The third kappa shape index (κ3) is 2.92. The zero-order chi connectivity index (χ0) is 13.2. The summed E-state index contributed by atoms with van der Waals surface area (Å²) in [7, 11) is 1.61. The smallest absolute Gasteiger partial charge is 0.126 e. The van der Waals surface area contributed by atoms with Crippen LogP contribution in [0.2, 0.25) is 0 Å². The number of methoxy groups -OCH3 is 1. The molecule has 2 atom stereocenters. The van der Waals surface area contributed by atoms with E-state index >= 15 is 0 Å². The molecule has 0 amide bonds. The van der Waals surface area contributed by atoms with Gasteiger partial charge in [-0.1, -0.05) is 28.8 Å². The van der Waals surface area contributed by atoms with Crippen molar-refractivity contribution in [2.24, 2.45) is 0 Å². The van der Waals surface area contributed by atoms with Crippen LogP contribution >= 0.6 is 15.9 Å². The van der Waals surface area contributed by atoms with Crippen molar-refractivity contribution in [2.45, 2.75) is 43.8 Å². The summed E-state index contributed by atoms with van der Waals surface area (Å²) in [5.41, 5.74) is -0.412. The Morgan fingerprint density at radius 1 is 1.50 bits per heavy atom. The summed E-state index contributed by atoms with van der Waals surface area (Å²) in [5, 5.41) is 10.7. The third-order valence-electron chi connectivity index (χ3n) is 3.71. The molecule has 1 N–H and O–H groups in total. The topological polar surface area (TPSA) is 29.5 Å². The van der Waals surface area contributed by atoms with Crippen molar-refractivity contribution in [2.75, 3.05) is 7.11 Å². The molecular formula is C14H18BrFO2. The monoisotopic (exact) mass is 316 g/mol. The van der Waals surface area contributed by atoms with Crippen molar-refractivity contribution in [1.82, 2.24) is 0 Å². The highest BCUT2D eigenvalue weighted by molar-refractivity contribution is 9.10. The van der Waals surface area contributed by atoms with Gasteiger partial charge in [0.1, 0.15) is 5.82 Å². The molecule has 1 aromatic rings. The molecule has 0 saturated heterocycles. The second kappa shape index (κ2) is 5.68. The molecule has 18 heavy (non-hydrogen) atoms. The van der Waals surface area contributed by atoms with Crippen LogP contribution in [-0.4, -0.2) is 23.9 Å². The molecule has 0 heterocycles. The Bertz CT molecular complexity index is 424. The second-order valence-electron chi connectivity index (χ2n) is 4.99. The Labute approximate surface area is 115 Å². The zero-order valence-corrected chi connectivity index (χ0v) is 12.0. The van der Waals surface area contributed by atoms with Gasteiger partial charge in [0.15, 0.2) is 0 Å². The van der Waals surface area contributed by atoms with Crippen LogP contribution in [0.3, 0.4) is 0 Å². The number of hydrogen-bond donors (Lipinski definition) is 1. The summed E-state index contributed by atoms with van der Waals surface area (Å²) in [6.07, 6.45) is 3.62. The average molecular weight is 317 g/mol. The third-order valence-corrected chi connectivity index (χ3v) is 4.21. The summed E-state index contributed by atoms with van der Waals surface area (Å²) in [4.78, 5) is 0. The molecule has 2 nitrogen and oxygen atoms in total. The van der Waals surface area contributed by atoms with Crippen molar-refractivity contribution in [3.8, 4) is 0 Å². The second-order valence-corrected chi connectivity index (χ2v) is 5.90. The first-order chi connectivity index (χ1) is 8.55. The van der Waals surface area contributed by atoms with Crippen molar-refractivity contribution < 1.29 is 14.2 Å². The quantitative estimate of drug-likeness (QED) is 0.925. The van der Waals surface area contributed by atoms with E-state index in [2.05, 4.69) is 15.9 Å². The lowest BCUT2D eigenvalue weighted by molar-refractivity contribution is -0.116. The van der Waals surface area contributed by atoms with Crippen LogP contribution < -0.4 is 0 Å². The maximum Gasteiger partial charge on any atom is 0.126 e. The minimum atomic E-state index is -0.950. The highest BCUT2D eigenvalue weighted by Gasteiger charge is 2.39. The summed E-state index contributed by atoms with van der Waals surface area (Å²) >= 11 is 3.33. The van der Waals surface area contributed by atoms with E-state index in [-0.39, 0.29) is 11.9 Å². The standard InChI is InChI=1S/C14H18BrFO2/c1-18-13-4-2-3-7-14(13,17)9-10-8-11(15)5-6-12(10)16/h5-6,8,13,17H,2-4,7,9H2,1H3. The van der Waals surface area contributed by atoms with E-state index in [4.69, 9.17) is 4.74 Å². The SMILES string of the molecule is COC1CCCCC1(O)Cc1cc(Br)ccc1F. The lowest BCUT2D eigenvalue weighted by Gasteiger charge is -2.39. The molecule has 100 valence electrons. The molecule has 1 aliphatic carbocycles. The zero-order valence-electron chi connectivity index (χ0n) is 10.5. The predicted octanol–water partition coefficient (Wildman–Crippen LogP) is 3.45. The molecule has 1 aliphatic rings. The van der Waals surface area contributed by atoms with Gasteiger partial charge in [-0.3, -0.25) is 0 Å². The predicted molar refractivity (Wildman–Crippen MR) is 72.0 cm³/mol. The number of hydrogen-bond acceptors (Lipinski definition) is 2. The lowest BCUT2D eigenvalue weighted by Crippen LogP contribution is -2.47. The van der Waals surface area contributed by atoms with Gasteiger partial charge in [-0.05, 0) is 36.6 Å². The fraction of sp³-hybridized carbons (Fsp3) is 0.571. The highest BCUT2D eigenvalue weighted by atomic mass is 79.9. The number of benzene rings is 1. The van der Waals surface area contributed by atoms with Crippen LogP contribution in [0, 0.1) is 5.82 Å². The molecule has 2 rings (SSSR count). The van der Waals surface area contributed by atoms with Gasteiger partial charge >= 0.3 is 0 Å². The Kier molecular flexibility index (Phi) is 4.41. The first-order valence-corrected chi connectivity index (χ1v) is 7.03. The van der Waals surface area contributed by atoms with Crippen molar-refractivity contribution in [3.63, 3.8) is 0 Å². The van der Waals surface area contributed by atoms with E-state index in [1.807, 2.05) is 0 Å². The summed E-state index contributed by atoms with van der Waals surface area (Å²) in [6, 6.07) is 4.82. The van der Waals surface area contributed by atoms with Gasteiger partial charge in [-0.15, -0.1) is 0 Å². The number of aliphatic hydroxyl groups is 1. The molecule has 0 aromatic heterocycles. The van der Waals surface area contributed by atoms with Crippen LogP contribution in [0.1, 0.15) is 31.2 Å². The normalized spacial score (nSPS) is 28.3. The van der Waals surface area contributed by atoms with Gasteiger partial charge in [0.25, 0.3) is 0 Å². The molecular weight excluding hydrogens is 299 g/mol. The van der Waals surface area contributed by atoms with Crippen LogP contribution in [-0.2, 0) is 11.2 Å². The van der Waals surface area contributed by atoms with E-state index in [1.165, 1.54) is 6.07 Å². The van der Waals surface area contributed by atoms with Gasteiger partial charge in [-0.2, -0.15) is 0 Å². The molecule has 0 spiro atoms. The van der Waals surface area contributed by atoms with Gasteiger partial charge in [0.2, 0.25) is 0 Å². The van der Waals surface area contributed by atoms with Crippen LogP contribution in [0.4, 0.5) is 4.39 Å². The van der Waals surface area contributed by atoms with Crippen molar-refractivity contribution >= 4 is 15.9 Å². The first kappa shape index (κ1) is 14.0. The molecule has 0 radical (unpaired) electrons. The fourth-order valence-corrected chi connectivity index (χ4v) is 3.15. The maximum absolute atomic E-state index is 13.8. The van der Waals surface area contributed by atoms with E-state index in [0.717, 1.165) is 23.7 Å². The van der Waals surface area contributed by atoms with Crippen LogP contribution in [0.5, 0.6) is 0 Å². The number of halogens is 2. The minimum absolute atomic E-state index is 0.204. The number of ether oxygens (including phenoxy) is 1. The molecule has 0 aliphatic heterocycles. The molecule has 1 fully saturated rings. The van der Waals surface area contributed by atoms with Gasteiger partial charge < -0.3 is 9.84 Å². The van der Waals surface area contributed by atoms with Crippen molar-refractivity contribution in [1.29, 1.82) is 0 Å². The molecule has 1 aromatic carbocycles. The summed E-state index contributed by atoms with van der Waals surface area (Å²) in [5.74, 6) is -0.271. The maximum atomic E-state index is 13.8. The average Bonchev–Trinajstić information content (AvgIpc) is 2.34. The highest BCUT2D eigenvalue weighted by Crippen LogP contribution is 2.34. The minimum Gasteiger partial charge on any atom is -0.387 e. The van der Waals surface area contributed by atoms with E-state index in [0.29, 0.717) is 18.4 Å². The largest absolute Gasteiger partial charge is 0.387 e. The van der Waals surface area contributed by atoms with E-state index in [1.54, 1.807) is 19.2 Å². The Morgan fingerprint density at radius 2 is 2.28 bits per heavy atom. The summed E-state index contributed by atoms with van der Waals surface area (Å²) in [6.45, 7) is 0. The first-order valence-electron chi connectivity index (χ1n) is 6.24. The molecule has 0 bridgehead atoms. The Morgan fingerprint density at radius 3 is 3.00 bits per heavy atom. The van der Waals surface area contributed by atoms with E-state index < -0.39 is 5.60 Å². The van der Waals surface area contributed by atoms with Gasteiger partial charge in [-0.25, -0.2) is 4.39 Å². The summed E-state index contributed by atoms with van der Waals surface area (Å²) < 4.78 is 19.9. The van der Waals surface area contributed by atoms with Crippen LogP contribution in [0.25, 0.3) is 0 Å². The molecule has 4 heteroatoms. The lowest BCUT2D eigenvalue weighted by atomic mass is 9.78. The van der Waals surface area contributed by atoms with Gasteiger partial charge in [0.05, 0.1) is 11.7 Å².